The molecule has 5 heteroatoms. The third-order valence-electron chi connectivity index (χ3n) is 1.73. The molecule has 0 N–H and O–H groups in total. The van der Waals surface area contributed by atoms with Crippen LogP contribution in [0.15, 0.2) is 54.6 Å². The van der Waals surface area contributed by atoms with E-state index in [1.165, 1.54) is 0 Å². The Balaban J connectivity index is 0.000000301. The Morgan fingerprint density at radius 3 is 2.06 bits per heavy atom. The Morgan fingerprint density at radius 2 is 1.72 bits per heavy atom. The molecule has 0 aromatic heterocycles. The van der Waals surface area contributed by atoms with Gasteiger partial charge in [0.15, 0.2) is 0 Å². The van der Waals surface area contributed by atoms with Crippen molar-refractivity contribution in [2.24, 2.45) is 0 Å². The zero-order valence-corrected chi connectivity index (χ0v) is 13.0. The summed E-state index contributed by atoms with van der Waals surface area (Å²) in [7, 11) is 9.78. The molecule has 2 aromatic rings. The molecule has 0 atom stereocenters. The molecule has 0 spiro atoms. The number of rotatable bonds is 2. The van der Waals surface area contributed by atoms with Crippen LogP contribution in [0.5, 0.6) is 0 Å². The van der Waals surface area contributed by atoms with Gasteiger partial charge < -0.3 is 4.74 Å². The van der Waals surface area contributed by atoms with Crippen LogP contribution in [0.1, 0.15) is 17.3 Å². The van der Waals surface area contributed by atoms with Gasteiger partial charge in [0, 0.05) is 0 Å². The van der Waals surface area contributed by atoms with Gasteiger partial charge in [-0.3, -0.25) is 4.79 Å². The molecule has 0 saturated carbocycles. The van der Waals surface area contributed by atoms with Crippen molar-refractivity contribution in [2.75, 3.05) is 6.61 Å². The molecule has 0 aliphatic heterocycles. The Bertz CT molecular complexity index is 354. The normalized spacial score (nSPS) is 8.17. The van der Waals surface area contributed by atoms with Gasteiger partial charge in [0.25, 0.3) is 5.97 Å². The number of esters is 1. The number of ether oxygens (including phenoxy) is 1. The van der Waals surface area contributed by atoms with Crippen molar-refractivity contribution < 1.29 is 26.6 Å². The minimum Gasteiger partial charge on any atom is -0.214 e. The zero-order valence-electron chi connectivity index (χ0n) is 9.98. The maximum Gasteiger partial charge on any atom is -0.172 e. The van der Waals surface area contributed by atoms with Crippen molar-refractivity contribution in [2.45, 2.75) is 6.92 Å². The minimum absolute atomic E-state index is 0.243. The van der Waals surface area contributed by atoms with E-state index in [2.05, 4.69) is 0 Å². The number of hydrogen-bond acceptors (Lipinski definition) is 2. The van der Waals surface area contributed by atoms with Crippen LogP contribution in [-0.4, -0.2) is 12.6 Å². The second-order valence-corrected chi connectivity index (χ2v) is 5.51. The van der Waals surface area contributed by atoms with Crippen molar-refractivity contribution in [3.8, 4) is 0 Å². The molecular weight excluding hydrogens is 307 g/mol. The first-order valence-electron chi connectivity index (χ1n) is 5.28. The molecule has 0 saturated heterocycles. The fourth-order valence-corrected chi connectivity index (χ4v) is 1.05. The molecule has 0 heterocycles. The number of halogens is 2. The predicted molar refractivity (Wildman–Crippen MR) is 71.7 cm³/mol. The van der Waals surface area contributed by atoms with E-state index in [9.17, 15) is 4.79 Å². The zero-order chi connectivity index (χ0) is 13.6. The van der Waals surface area contributed by atoms with Crippen molar-refractivity contribution in [3.05, 3.63) is 60.2 Å². The van der Waals surface area contributed by atoms with Gasteiger partial charge in [-0.15, -0.1) is 0 Å². The quantitative estimate of drug-likeness (QED) is 0.467. The molecule has 98 valence electrons. The number of carbonyl (C=O) groups excluding carboxylic acids is 1. The molecule has 0 amide bonds. The maximum absolute atomic E-state index is 10.9. The Morgan fingerprint density at radius 1 is 1.22 bits per heavy atom. The van der Waals surface area contributed by atoms with Crippen LogP contribution >= 0.6 is 18.6 Å². The summed E-state index contributed by atoms with van der Waals surface area (Å²) in [6, 6.07) is 17.1. The molecule has 2 aromatic carbocycles. The molecule has 0 bridgehead atoms. The van der Waals surface area contributed by atoms with E-state index in [0.717, 1.165) is 0 Å². The smallest absolute Gasteiger partial charge is 0.172 e. The van der Waals surface area contributed by atoms with E-state index in [1.54, 1.807) is 19.1 Å². The van der Waals surface area contributed by atoms with Crippen molar-refractivity contribution in [1.82, 2.24) is 0 Å². The largest absolute Gasteiger partial charge is 0.214 e. The first kappa shape index (κ1) is 17.5. The summed E-state index contributed by atoms with van der Waals surface area (Å²) >= 11 is -0.556. The predicted octanol–water partition coefficient (Wildman–Crippen LogP) is 4.36. The van der Waals surface area contributed by atoms with E-state index in [1.807, 2.05) is 42.5 Å². The monoisotopic (exact) mass is 320 g/mol. The summed E-state index contributed by atoms with van der Waals surface area (Å²) in [5, 5.41) is 0. The molecule has 0 unspecified atom stereocenters. The van der Waals surface area contributed by atoms with Gasteiger partial charge in [-0.05, 0) is 6.92 Å². The van der Waals surface area contributed by atoms with Gasteiger partial charge >= 0.3 is 35.6 Å². The molecular formula is C13H14Cl2O2Ti-2. The second-order valence-electron chi connectivity index (χ2n) is 2.93. The Kier molecular flexibility index (Phi) is 12.5. The van der Waals surface area contributed by atoms with Gasteiger partial charge in [0.1, 0.15) is 0 Å². The van der Waals surface area contributed by atoms with Crippen molar-refractivity contribution in [3.63, 3.8) is 0 Å². The fourth-order valence-electron chi connectivity index (χ4n) is 1.05. The standard InChI is InChI=1S/C8H9O2.C5H5.2ClH.Ti/c1-2-10-8(9)7-5-3-4-6-7;1-2-4-5-3-1;;;/h3-6H,2H2,1H3;1-5H;2*1H;/q2*-1;;;+2/p-2. The topological polar surface area (TPSA) is 26.3 Å². The third-order valence-corrected chi connectivity index (χ3v) is 1.73. The van der Waals surface area contributed by atoms with Gasteiger partial charge in [-0.1, -0.05) is 5.56 Å². The second kappa shape index (κ2) is 12.9. The molecule has 2 rings (SSSR count). The van der Waals surface area contributed by atoms with E-state index in [0.29, 0.717) is 12.2 Å². The van der Waals surface area contributed by atoms with Crippen LogP contribution in [-0.2, 0) is 21.8 Å². The summed E-state index contributed by atoms with van der Waals surface area (Å²) in [6.07, 6.45) is 0. The van der Waals surface area contributed by atoms with Crippen LogP contribution in [0.4, 0.5) is 0 Å². The summed E-state index contributed by atoms with van der Waals surface area (Å²) in [5.74, 6) is -0.243. The number of carbonyl (C=O) groups is 1. The third kappa shape index (κ3) is 9.49. The SMILES string of the molecule is CCOC(=O)[c-]1cccc1.[Cl][Ti][Cl].c1cc[cH-]c1. The average Bonchev–Trinajstić information content (AvgIpc) is 3.07. The van der Waals surface area contributed by atoms with Crippen LogP contribution in [0.3, 0.4) is 0 Å². The summed E-state index contributed by atoms with van der Waals surface area (Å²) < 4.78 is 4.75. The van der Waals surface area contributed by atoms with Gasteiger partial charge in [-0.2, -0.15) is 30.3 Å². The summed E-state index contributed by atoms with van der Waals surface area (Å²) in [5.41, 5.74) is 0.627. The molecule has 0 fully saturated rings. The van der Waals surface area contributed by atoms with Crippen molar-refractivity contribution >= 4 is 24.6 Å². The van der Waals surface area contributed by atoms with Crippen LogP contribution < -0.4 is 0 Å². The van der Waals surface area contributed by atoms with Crippen LogP contribution in [0.25, 0.3) is 0 Å². The van der Waals surface area contributed by atoms with Crippen molar-refractivity contribution in [1.29, 1.82) is 0 Å². The molecule has 0 aliphatic carbocycles. The molecule has 18 heavy (non-hydrogen) atoms. The van der Waals surface area contributed by atoms with Gasteiger partial charge in [0.05, 0.1) is 6.61 Å². The van der Waals surface area contributed by atoms with E-state index >= 15 is 0 Å². The van der Waals surface area contributed by atoms with E-state index in [4.69, 9.17) is 23.3 Å². The Labute approximate surface area is 124 Å². The average molecular weight is 321 g/mol. The van der Waals surface area contributed by atoms with E-state index in [-0.39, 0.29) is 5.97 Å². The molecule has 2 nitrogen and oxygen atoms in total. The summed E-state index contributed by atoms with van der Waals surface area (Å²) in [6.45, 7) is 2.23. The fraction of sp³-hybridized carbons (Fsp3) is 0.154. The van der Waals surface area contributed by atoms with Gasteiger partial charge in [0.2, 0.25) is 0 Å². The first-order chi connectivity index (χ1) is 8.76. The van der Waals surface area contributed by atoms with Crippen LogP contribution in [0.2, 0.25) is 0 Å². The number of hydrogen-bond donors (Lipinski definition) is 0. The molecule has 0 aliphatic rings. The Hall–Kier alpha value is -0.536. The summed E-state index contributed by atoms with van der Waals surface area (Å²) in [4.78, 5) is 10.9. The van der Waals surface area contributed by atoms with Gasteiger partial charge in [-0.25, -0.2) is 24.3 Å². The first-order valence-corrected chi connectivity index (χ1v) is 9.57. The maximum atomic E-state index is 10.9. The van der Waals surface area contributed by atoms with E-state index < -0.39 is 17.0 Å². The van der Waals surface area contributed by atoms with Crippen LogP contribution in [0, 0.1) is 0 Å². The minimum atomic E-state index is -0.556. The molecule has 0 radical (unpaired) electrons.